The molecule has 1 aromatic carbocycles. The summed E-state index contributed by atoms with van der Waals surface area (Å²) in [6, 6.07) is 9.35. The number of carbonyl (C=O) groups excluding carboxylic acids is 1. The SMILES string of the molecule is CC(=O)c1ccc(-c2nc(CC#N)c(C)[nH]2)cc1. The Kier molecular flexibility index (Phi) is 3.24. The van der Waals surface area contributed by atoms with Crippen LogP contribution in [0.1, 0.15) is 28.7 Å². The predicted octanol–water partition coefficient (Wildman–Crippen LogP) is 2.65. The lowest BCUT2D eigenvalue weighted by atomic mass is 10.1. The second kappa shape index (κ2) is 4.84. The summed E-state index contributed by atoms with van der Waals surface area (Å²) >= 11 is 0. The van der Waals surface area contributed by atoms with Gasteiger partial charge in [-0.15, -0.1) is 0 Å². The molecule has 0 aliphatic rings. The van der Waals surface area contributed by atoms with Crippen LogP contribution in [0.5, 0.6) is 0 Å². The summed E-state index contributed by atoms with van der Waals surface area (Å²) in [5, 5.41) is 8.68. The van der Waals surface area contributed by atoms with E-state index in [0.717, 1.165) is 22.8 Å². The summed E-state index contributed by atoms with van der Waals surface area (Å²) in [6.07, 6.45) is 0.299. The average Bonchev–Trinajstić information content (AvgIpc) is 2.72. The fraction of sp³-hybridized carbons (Fsp3) is 0.214. The van der Waals surface area contributed by atoms with Crippen LogP contribution in [0, 0.1) is 18.3 Å². The zero-order valence-corrected chi connectivity index (χ0v) is 10.3. The highest BCUT2D eigenvalue weighted by Gasteiger charge is 2.08. The van der Waals surface area contributed by atoms with Gasteiger partial charge in [0.15, 0.2) is 5.78 Å². The van der Waals surface area contributed by atoms with E-state index in [-0.39, 0.29) is 5.78 Å². The quantitative estimate of drug-likeness (QED) is 0.837. The van der Waals surface area contributed by atoms with Crippen molar-refractivity contribution >= 4 is 5.78 Å². The number of Topliss-reactive ketones (excluding diaryl/α,β-unsaturated/α-hetero) is 1. The van der Waals surface area contributed by atoms with E-state index in [1.165, 1.54) is 6.92 Å². The molecule has 0 spiro atoms. The van der Waals surface area contributed by atoms with Gasteiger partial charge in [-0.05, 0) is 13.8 Å². The van der Waals surface area contributed by atoms with E-state index >= 15 is 0 Å². The Labute approximate surface area is 105 Å². The van der Waals surface area contributed by atoms with Gasteiger partial charge in [0.05, 0.1) is 18.2 Å². The number of nitriles is 1. The van der Waals surface area contributed by atoms with Crippen LogP contribution in [0.3, 0.4) is 0 Å². The molecule has 0 bridgehead atoms. The molecule has 4 heteroatoms. The van der Waals surface area contributed by atoms with Crippen LogP contribution in [0.2, 0.25) is 0 Å². The van der Waals surface area contributed by atoms with Gasteiger partial charge in [-0.25, -0.2) is 4.98 Å². The molecule has 0 aliphatic carbocycles. The molecule has 18 heavy (non-hydrogen) atoms. The van der Waals surface area contributed by atoms with Crippen molar-refractivity contribution < 1.29 is 4.79 Å². The number of hydrogen-bond donors (Lipinski definition) is 1. The number of aromatic nitrogens is 2. The second-order valence-corrected chi connectivity index (χ2v) is 4.13. The number of benzene rings is 1. The van der Waals surface area contributed by atoms with Crippen LogP contribution < -0.4 is 0 Å². The molecule has 0 aliphatic heterocycles. The molecular formula is C14H13N3O. The number of H-pyrrole nitrogens is 1. The highest BCUT2D eigenvalue weighted by atomic mass is 16.1. The molecule has 90 valence electrons. The number of carbonyl (C=O) groups is 1. The number of aromatic amines is 1. The van der Waals surface area contributed by atoms with E-state index in [1.807, 2.05) is 19.1 Å². The van der Waals surface area contributed by atoms with Crippen molar-refractivity contribution in [1.82, 2.24) is 9.97 Å². The average molecular weight is 239 g/mol. The first kappa shape index (κ1) is 12.1. The maximum absolute atomic E-state index is 11.2. The van der Waals surface area contributed by atoms with Gasteiger partial charge in [0.25, 0.3) is 0 Å². The minimum atomic E-state index is 0.0438. The largest absolute Gasteiger partial charge is 0.342 e. The first-order valence-corrected chi connectivity index (χ1v) is 5.65. The van der Waals surface area contributed by atoms with E-state index < -0.39 is 0 Å². The van der Waals surface area contributed by atoms with Crippen LogP contribution in [0.25, 0.3) is 11.4 Å². The van der Waals surface area contributed by atoms with Crippen molar-refractivity contribution in [2.24, 2.45) is 0 Å². The minimum absolute atomic E-state index is 0.0438. The molecule has 2 rings (SSSR count). The topological polar surface area (TPSA) is 69.5 Å². The number of nitrogens with one attached hydrogen (secondary N) is 1. The third kappa shape index (κ3) is 2.30. The molecule has 0 radical (unpaired) electrons. The maximum atomic E-state index is 11.2. The lowest BCUT2D eigenvalue weighted by molar-refractivity contribution is 0.101. The van der Waals surface area contributed by atoms with Gasteiger partial charge < -0.3 is 4.98 Å². The molecule has 0 atom stereocenters. The van der Waals surface area contributed by atoms with E-state index in [0.29, 0.717) is 12.0 Å². The Morgan fingerprint density at radius 1 is 1.39 bits per heavy atom. The Morgan fingerprint density at radius 3 is 2.61 bits per heavy atom. The van der Waals surface area contributed by atoms with Gasteiger partial charge in [-0.1, -0.05) is 24.3 Å². The highest BCUT2D eigenvalue weighted by molar-refractivity contribution is 5.94. The van der Waals surface area contributed by atoms with Crippen molar-refractivity contribution in [3.8, 4) is 17.5 Å². The lowest BCUT2D eigenvalue weighted by Gasteiger charge is -1.98. The summed E-state index contributed by atoms with van der Waals surface area (Å²) in [6.45, 7) is 3.43. The van der Waals surface area contributed by atoms with Crippen LogP contribution in [0.4, 0.5) is 0 Å². The van der Waals surface area contributed by atoms with Crippen molar-refractivity contribution in [3.05, 3.63) is 41.2 Å². The summed E-state index contributed by atoms with van der Waals surface area (Å²) < 4.78 is 0. The minimum Gasteiger partial charge on any atom is -0.342 e. The first-order chi connectivity index (χ1) is 8.61. The van der Waals surface area contributed by atoms with Crippen molar-refractivity contribution in [3.63, 3.8) is 0 Å². The van der Waals surface area contributed by atoms with E-state index in [1.54, 1.807) is 12.1 Å². The molecule has 0 fully saturated rings. The predicted molar refractivity (Wildman–Crippen MR) is 68.1 cm³/mol. The van der Waals surface area contributed by atoms with Crippen molar-refractivity contribution in [1.29, 1.82) is 5.26 Å². The fourth-order valence-corrected chi connectivity index (χ4v) is 1.74. The Bertz CT molecular complexity index is 617. The lowest BCUT2D eigenvalue weighted by Crippen LogP contribution is -1.91. The Hall–Kier alpha value is -2.41. The molecular weight excluding hydrogens is 226 g/mol. The summed E-state index contributed by atoms with van der Waals surface area (Å²) in [5.74, 6) is 0.773. The van der Waals surface area contributed by atoms with E-state index in [4.69, 9.17) is 5.26 Å². The smallest absolute Gasteiger partial charge is 0.159 e. The molecule has 4 nitrogen and oxygen atoms in total. The summed E-state index contributed by atoms with van der Waals surface area (Å²) in [5.41, 5.74) is 3.26. The van der Waals surface area contributed by atoms with Crippen molar-refractivity contribution in [2.45, 2.75) is 20.3 Å². The van der Waals surface area contributed by atoms with Gasteiger partial charge in [0, 0.05) is 16.8 Å². The first-order valence-electron chi connectivity index (χ1n) is 5.65. The number of nitrogens with zero attached hydrogens (tertiary/aromatic N) is 2. The van der Waals surface area contributed by atoms with Gasteiger partial charge in [-0.2, -0.15) is 5.26 Å². The number of hydrogen-bond acceptors (Lipinski definition) is 3. The van der Waals surface area contributed by atoms with Crippen LogP contribution in [0.15, 0.2) is 24.3 Å². The summed E-state index contributed by atoms with van der Waals surface area (Å²) in [7, 11) is 0. The summed E-state index contributed by atoms with van der Waals surface area (Å²) in [4.78, 5) is 18.7. The molecule has 0 unspecified atom stereocenters. The second-order valence-electron chi connectivity index (χ2n) is 4.13. The molecule has 0 saturated carbocycles. The third-order valence-corrected chi connectivity index (χ3v) is 2.80. The standard InChI is InChI=1S/C14H13N3O/c1-9-13(7-8-15)17-14(16-9)12-5-3-11(4-6-12)10(2)18/h3-6H,7H2,1-2H3,(H,16,17). The molecule has 0 saturated heterocycles. The number of ketones is 1. The maximum Gasteiger partial charge on any atom is 0.159 e. The monoisotopic (exact) mass is 239 g/mol. The normalized spacial score (nSPS) is 10.1. The molecule has 2 aromatic rings. The zero-order valence-electron chi connectivity index (χ0n) is 10.3. The molecule has 1 aromatic heterocycles. The molecule has 1 N–H and O–H groups in total. The van der Waals surface area contributed by atoms with E-state index in [9.17, 15) is 4.79 Å². The molecule has 0 amide bonds. The Balaban J connectivity index is 2.34. The van der Waals surface area contributed by atoms with Gasteiger partial charge in [0.2, 0.25) is 0 Å². The number of imidazole rings is 1. The van der Waals surface area contributed by atoms with Crippen LogP contribution in [-0.4, -0.2) is 15.8 Å². The van der Waals surface area contributed by atoms with Crippen LogP contribution in [-0.2, 0) is 6.42 Å². The highest BCUT2D eigenvalue weighted by Crippen LogP contribution is 2.19. The number of rotatable bonds is 3. The van der Waals surface area contributed by atoms with E-state index in [2.05, 4.69) is 16.0 Å². The molecule has 1 heterocycles. The van der Waals surface area contributed by atoms with Gasteiger partial charge in [-0.3, -0.25) is 4.79 Å². The zero-order chi connectivity index (χ0) is 13.1. The number of aryl methyl sites for hydroxylation is 1. The fourth-order valence-electron chi connectivity index (χ4n) is 1.74. The van der Waals surface area contributed by atoms with Gasteiger partial charge in [0.1, 0.15) is 5.82 Å². The van der Waals surface area contributed by atoms with Crippen LogP contribution >= 0.6 is 0 Å². The Morgan fingerprint density at radius 2 is 2.06 bits per heavy atom. The van der Waals surface area contributed by atoms with Crippen molar-refractivity contribution in [2.75, 3.05) is 0 Å². The van der Waals surface area contributed by atoms with Gasteiger partial charge >= 0.3 is 0 Å². The third-order valence-electron chi connectivity index (χ3n) is 2.80.